The second-order valence-corrected chi connectivity index (χ2v) is 3.42. The molecule has 2 rings (SSSR count). The van der Waals surface area contributed by atoms with Crippen molar-refractivity contribution in [2.45, 2.75) is 18.9 Å². The lowest BCUT2D eigenvalue weighted by Gasteiger charge is -2.08. The third-order valence-electron chi connectivity index (χ3n) is 2.13. The van der Waals surface area contributed by atoms with Crippen molar-refractivity contribution < 1.29 is 14.6 Å². The molecule has 80 valence electrons. The Balaban J connectivity index is 2.29. The van der Waals surface area contributed by atoms with Crippen molar-refractivity contribution in [1.29, 1.82) is 0 Å². The minimum Gasteiger partial charge on any atom is -0.488 e. The van der Waals surface area contributed by atoms with Gasteiger partial charge >= 0.3 is 5.97 Å². The van der Waals surface area contributed by atoms with Crippen LogP contribution in [-0.4, -0.2) is 29.2 Å². The monoisotopic (exact) mass is 208 g/mol. The number of nitrogens with one attached hydrogen (secondary N) is 1. The first-order chi connectivity index (χ1) is 7.20. The molecule has 5 nitrogen and oxygen atoms in total. The molecule has 1 aliphatic carbocycles. The summed E-state index contributed by atoms with van der Waals surface area (Å²) in [6.45, 7) is 0. The van der Waals surface area contributed by atoms with Gasteiger partial charge in [-0.25, -0.2) is 9.78 Å². The number of anilines is 1. The van der Waals surface area contributed by atoms with Gasteiger partial charge < -0.3 is 15.2 Å². The van der Waals surface area contributed by atoms with Crippen molar-refractivity contribution in [3.8, 4) is 5.75 Å². The Bertz CT molecular complexity index is 388. The van der Waals surface area contributed by atoms with Crippen LogP contribution in [0.4, 0.5) is 5.82 Å². The van der Waals surface area contributed by atoms with Gasteiger partial charge in [-0.15, -0.1) is 0 Å². The van der Waals surface area contributed by atoms with Gasteiger partial charge in [0, 0.05) is 7.05 Å². The number of hydrogen-bond donors (Lipinski definition) is 2. The summed E-state index contributed by atoms with van der Waals surface area (Å²) < 4.78 is 5.45. The van der Waals surface area contributed by atoms with E-state index in [1.165, 1.54) is 0 Å². The lowest BCUT2D eigenvalue weighted by atomic mass is 10.3. The van der Waals surface area contributed by atoms with Gasteiger partial charge in [0.15, 0.2) is 11.4 Å². The fraction of sp³-hybridized carbons (Fsp3) is 0.400. The molecule has 1 heterocycles. The topological polar surface area (TPSA) is 71.5 Å². The Hall–Kier alpha value is -1.78. The normalized spacial score (nSPS) is 14.7. The lowest BCUT2D eigenvalue weighted by molar-refractivity contribution is 0.0685. The quantitative estimate of drug-likeness (QED) is 0.781. The van der Waals surface area contributed by atoms with Crippen LogP contribution in [0.25, 0.3) is 0 Å². The average molecular weight is 208 g/mol. The van der Waals surface area contributed by atoms with Gasteiger partial charge in [-0.2, -0.15) is 0 Å². The van der Waals surface area contributed by atoms with Crippen LogP contribution in [0.2, 0.25) is 0 Å². The van der Waals surface area contributed by atoms with Crippen molar-refractivity contribution in [3.05, 3.63) is 17.8 Å². The highest BCUT2D eigenvalue weighted by molar-refractivity contribution is 5.89. The van der Waals surface area contributed by atoms with Crippen molar-refractivity contribution in [1.82, 2.24) is 4.98 Å². The molecule has 1 fully saturated rings. The molecular formula is C10H12N2O3. The molecule has 0 spiro atoms. The van der Waals surface area contributed by atoms with E-state index in [0.29, 0.717) is 11.6 Å². The van der Waals surface area contributed by atoms with E-state index < -0.39 is 5.97 Å². The second kappa shape index (κ2) is 3.76. The van der Waals surface area contributed by atoms with E-state index in [-0.39, 0.29) is 11.8 Å². The van der Waals surface area contributed by atoms with Gasteiger partial charge in [-0.05, 0) is 25.0 Å². The van der Waals surface area contributed by atoms with Crippen LogP contribution in [-0.2, 0) is 0 Å². The Labute approximate surface area is 87.1 Å². The molecular weight excluding hydrogens is 196 g/mol. The number of aromatic nitrogens is 1. The smallest absolute Gasteiger partial charge is 0.358 e. The number of ether oxygens (including phenoxy) is 1. The number of aromatic carboxylic acids is 1. The van der Waals surface area contributed by atoms with Gasteiger partial charge in [0.05, 0.1) is 6.10 Å². The van der Waals surface area contributed by atoms with Gasteiger partial charge in [0.25, 0.3) is 0 Å². The van der Waals surface area contributed by atoms with E-state index in [0.717, 1.165) is 12.8 Å². The maximum Gasteiger partial charge on any atom is 0.358 e. The number of carboxylic acids is 1. The summed E-state index contributed by atoms with van der Waals surface area (Å²) in [4.78, 5) is 14.9. The number of carbonyl (C=O) groups is 1. The Kier molecular flexibility index (Phi) is 2.45. The zero-order valence-electron chi connectivity index (χ0n) is 8.36. The second-order valence-electron chi connectivity index (χ2n) is 3.42. The molecule has 0 aromatic carbocycles. The van der Waals surface area contributed by atoms with E-state index >= 15 is 0 Å². The standard InChI is InChI=1S/C10H12N2O3/c1-11-8-5-4-7(15-6-2-3-6)9(12-8)10(13)14/h4-6H,2-3H2,1H3,(H,11,12)(H,13,14). The van der Waals surface area contributed by atoms with Gasteiger partial charge in [0.2, 0.25) is 0 Å². The molecule has 15 heavy (non-hydrogen) atoms. The summed E-state index contributed by atoms with van der Waals surface area (Å²) in [5.41, 5.74) is -0.0336. The molecule has 2 N–H and O–H groups in total. The Morgan fingerprint density at radius 1 is 1.60 bits per heavy atom. The van der Waals surface area contributed by atoms with Crippen LogP contribution < -0.4 is 10.1 Å². The van der Waals surface area contributed by atoms with Crippen molar-refractivity contribution in [2.24, 2.45) is 0 Å². The van der Waals surface area contributed by atoms with Crippen LogP contribution in [0.1, 0.15) is 23.3 Å². The number of pyridine rings is 1. The highest BCUT2D eigenvalue weighted by Gasteiger charge is 2.26. The predicted octanol–water partition coefficient (Wildman–Crippen LogP) is 1.36. The highest BCUT2D eigenvalue weighted by Crippen LogP contribution is 2.29. The molecule has 1 aromatic rings. The maximum absolute atomic E-state index is 10.9. The fourth-order valence-corrected chi connectivity index (χ4v) is 1.20. The summed E-state index contributed by atoms with van der Waals surface area (Å²) in [6, 6.07) is 3.34. The summed E-state index contributed by atoms with van der Waals surface area (Å²) in [5, 5.41) is 11.7. The first kappa shape index (κ1) is 9.76. The van der Waals surface area contributed by atoms with Gasteiger partial charge in [0.1, 0.15) is 5.82 Å². The molecule has 0 unspecified atom stereocenters. The third kappa shape index (κ3) is 2.18. The number of rotatable bonds is 4. The molecule has 1 saturated carbocycles. The number of carboxylic acid groups (broad SMARTS) is 1. The molecule has 0 saturated heterocycles. The molecule has 0 bridgehead atoms. The van der Waals surface area contributed by atoms with Crippen LogP contribution in [0, 0.1) is 0 Å². The van der Waals surface area contributed by atoms with Crippen LogP contribution in [0.15, 0.2) is 12.1 Å². The number of nitrogens with zero attached hydrogens (tertiary/aromatic N) is 1. The van der Waals surface area contributed by atoms with E-state index in [9.17, 15) is 4.79 Å². The SMILES string of the molecule is CNc1ccc(OC2CC2)c(C(=O)O)n1. The number of hydrogen-bond acceptors (Lipinski definition) is 4. The molecule has 5 heteroatoms. The molecule has 0 atom stereocenters. The van der Waals surface area contributed by atoms with E-state index in [2.05, 4.69) is 10.3 Å². The minimum absolute atomic E-state index is 0.0336. The van der Waals surface area contributed by atoms with Crippen molar-refractivity contribution in [2.75, 3.05) is 12.4 Å². The van der Waals surface area contributed by atoms with Gasteiger partial charge in [-0.3, -0.25) is 0 Å². The Morgan fingerprint density at radius 2 is 2.33 bits per heavy atom. The first-order valence-corrected chi connectivity index (χ1v) is 4.79. The highest BCUT2D eigenvalue weighted by atomic mass is 16.5. The Morgan fingerprint density at radius 3 is 2.87 bits per heavy atom. The van der Waals surface area contributed by atoms with Crippen LogP contribution >= 0.6 is 0 Å². The van der Waals surface area contributed by atoms with Crippen molar-refractivity contribution >= 4 is 11.8 Å². The van der Waals surface area contributed by atoms with Crippen LogP contribution in [0.5, 0.6) is 5.75 Å². The molecule has 0 aliphatic heterocycles. The average Bonchev–Trinajstić information content (AvgIpc) is 3.02. The first-order valence-electron chi connectivity index (χ1n) is 4.79. The largest absolute Gasteiger partial charge is 0.488 e. The molecule has 0 amide bonds. The van der Waals surface area contributed by atoms with E-state index in [1.54, 1.807) is 19.2 Å². The maximum atomic E-state index is 10.9. The predicted molar refractivity (Wildman–Crippen MR) is 54.4 cm³/mol. The van der Waals surface area contributed by atoms with Crippen molar-refractivity contribution in [3.63, 3.8) is 0 Å². The minimum atomic E-state index is -1.07. The van der Waals surface area contributed by atoms with Crippen LogP contribution in [0.3, 0.4) is 0 Å². The van der Waals surface area contributed by atoms with E-state index in [1.807, 2.05) is 0 Å². The molecule has 1 aromatic heterocycles. The molecule has 0 radical (unpaired) electrons. The zero-order valence-corrected chi connectivity index (χ0v) is 8.36. The zero-order chi connectivity index (χ0) is 10.8. The van der Waals surface area contributed by atoms with E-state index in [4.69, 9.17) is 9.84 Å². The summed E-state index contributed by atoms with van der Waals surface area (Å²) in [5.74, 6) is -0.192. The molecule has 1 aliphatic rings. The summed E-state index contributed by atoms with van der Waals surface area (Å²) in [6.07, 6.45) is 2.16. The fourth-order valence-electron chi connectivity index (χ4n) is 1.20. The third-order valence-corrected chi connectivity index (χ3v) is 2.13. The summed E-state index contributed by atoms with van der Waals surface area (Å²) >= 11 is 0. The lowest BCUT2D eigenvalue weighted by Crippen LogP contribution is -2.08. The van der Waals surface area contributed by atoms with Gasteiger partial charge in [-0.1, -0.05) is 0 Å². The summed E-state index contributed by atoms with van der Waals surface area (Å²) in [7, 11) is 1.69.